The van der Waals surface area contributed by atoms with Crippen LogP contribution in [-0.4, -0.2) is 28.1 Å². The van der Waals surface area contributed by atoms with Crippen molar-refractivity contribution >= 4 is 10.0 Å². The second kappa shape index (κ2) is 7.73. The Balaban J connectivity index is 1.90. The number of aryl methyl sites for hydroxylation is 1. The molecule has 1 aliphatic heterocycles. The highest BCUT2D eigenvalue weighted by Gasteiger charge is 2.13. The fourth-order valence-electron chi connectivity index (χ4n) is 2.45. The van der Waals surface area contributed by atoms with Crippen molar-refractivity contribution in [3.8, 4) is 0 Å². The minimum absolute atomic E-state index is 0.349. The van der Waals surface area contributed by atoms with Gasteiger partial charge in [0.25, 0.3) is 0 Å². The normalized spacial score (nSPS) is 15.8. The van der Waals surface area contributed by atoms with Gasteiger partial charge >= 0.3 is 0 Å². The van der Waals surface area contributed by atoms with Crippen LogP contribution in [0.3, 0.4) is 0 Å². The van der Waals surface area contributed by atoms with E-state index in [0.717, 1.165) is 38.8 Å². The van der Waals surface area contributed by atoms with Gasteiger partial charge in [-0.25, -0.2) is 13.1 Å². The molecule has 1 aromatic rings. The molecule has 1 aromatic carbocycles. The average molecular weight is 308 g/mol. The summed E-state index contributed by atoms with van der Waals surface area (Å²) in [6.45, 7) is 4.45. The van der Waals surface area contributed by atoms with Gasteiger partial charge in [-0.05, 0) is 43.5 Å². The van der Waals surface area contributed by atoms with Gasteiger partial charge in [0.05, 0.1) is 4.90 Å². The molecule has 0 atom stereocenters. The first-order valence-corrected chi connectivity index (χ1v) is 9.07. The first kappa shape index (κ1) is 16.2. The fourth-order valence-corrected chi connectivity index (χ4v) is 3.48. The van der Waals surface area contributed by atoms with E-state index in [1.807, 2.05) is 12.1 Å². The van der Waals surface area contributed by atoms with Gasteiger partial charge in [0.2, 0.25) is 10.0 Å². The molecule has 5 heteroatoms. The van der Waals surface area contributed by atoms with Crippen molar-refractivity contribution in [1.82, 2.24) is 10.0 Å². The smallest absolute Gasteiger partial charge is 0.240 e. The molecule has 1 aliphatic rings. The molecule has 0 saturated heterocycles. The SMILES string of the molecule is CCCc1ccc(S(=O)(=O)NCCC2=CCNCC2)cc1. The Morgan fingerprint density at radius 2 is 1.95 bits per heavy atom. The summed E-state index contributed by atoms with van der Waals surface area (Å²) in [5.41, 5.74) is 2.51. The predicted octanol–water partition coefficient (Wildman–Crippen LogP) is 2.23. The zero-order valence-electron chi connectivity index (χ0n) is 12.6. The Morgan fingerprint density at radius 3 is 2.57 bits per heavy atom. The maximum atomic E-state index is 12.2. The van der Waals surface area contributed by atoms with E-state index in [4.69, 9.17) is 0 Å². The van der Waals surface area contributed by atoms with Crippen LogP contribution in [0.5, 0.6) is 0 Å². The molecule has 21 heavy (non-hydrogen) atoms. The molecule has 0 bridgehead atoms. The lowest BCUT2D eigenvalue weighted by Gasteiger charge is -2.14. The van der Waals surface area contributed by atoms with Crippen LogP contribution in [-0.2, 0) is 16.4 Å². The van der Waals surface area contributed by atoms with Crippen LogP contribution in [0.4, 0.5) is 0 Å². The molecular weight excluding hydrogens is 284 g/mol. The highest BCUT2D eigenvalue weighted by Crippen LogP contribution is 2.13. The number of hydrogen-bond donors (Lipinski definition) is 2. The first-order valence-electron chi connectivity index (χ1n) is 7.59. The lowest BCUT2D eigenvalue weighted by atomic mass is 10.1. The minimum Gasteiger partial charge on any atom is -0.313 e. The van der Waals surface area contributed by atoms with Crippen molar-refractivity contribution in [3.63, 3.8) is 0 Å². The number of nitrogens with one attached hydrogen (secondary N) is 2. The van der Waals surface area contributed by atoms with Gasteiger partial charge in [0.1, 0.15) is 0 Å². The van der Waals surface area contributed by atoms with Gasteiger partial charge in [0, 0.05) is 13.1 Å². The van der Waals surface area contributed by atoms with Crippen molar-refractivity contribution in [2.45, 2.75) is 37.5 Å². The van der Waals surface area contributed by atoms with Crippen LogP contribution < -0.4 is 10.0 Å². The van der Waals surface area contributed by atoms with E-state index in [2.05, 4.69) is 23.0 Å². The molecular formula is C16H24N2O2S. The van der Waals surface area contributed by atoms with E-state index in [-0.39, 0.29) is 0 Å². The van der Waals surface area contributed by atoms with Gasteiger partial charge in [-0.3, -0.25) is 0 Å². The van der Waals surface area contributed by atoms with Gasteiger partial charge < -0.3 is 5.32 Å². The Kier molecular flexibility index (Phi) is 5.96. The molecule has 116 valence electrons. The zero-order valence-corrected chi connectivity index (χ0v) is 13.4. The molecule has 0 spiro atoms. The molecule has 0 aliphatic carbocycles. The first-order chi connectivity index (χ1) is 10.1. The second-order valence-electron chi connectivity index (χ2n) is 5.36. The van der Waals surface area contributed by atoms with E-state index in [9.17, 15) is 8.42 Å². The highest BCUT2D eigenvalue weighted by molar-refractivity contribution is 7.89. The Hall–Kier alpha value is -1.17. The molecule has 0 aromatic heterocycles. The van der Waals surface area contributed by atoms with Crippen LogP contribution >= 0.6 is 0 Å². The van der Waals surface area contributed by atoms with Gasteiger partial charge in [-0.2, -0.15) is 0 Å². The van der Waals surface area contributed by atoms with E-state index < -0.39 is 10.0 Å². The fraction of sp³-hybridized carbons (Fsp3) is 0.500. The molecule has 0 unspecified atom stereocenters. The molecule has 0 saturated carbocycles. The van der Waals surface area contributed by atoms with Crippen LogP contribution in [0.25, 0.3) is 0 Å². The maximum absolute atomic E-state index is 12.2. The van der Waals surface area contributed by atoms with Crippen molar-refractivity contribution in [2.24, 2.45) is 0 Å². The largest absolute Gasteiger partial charge is 0.313 e. The van der Waals surface area contributed by atoms with Crippen molar-refractivity contribution < 1.29 is 8.42 Å². The Labute approximate surface area is 127 Å². The van der Waals surface area contributed by atoms with Gasteiger partial charge in [-0.1, -0.05) is 37.1 Å². The lowest BCUT2D eigenvalue weighted by molar-refractivity contribution is 0.579. The van der Waals surface area contributed by atoms with Crippen molar-refractivity contribution in [2.75, 3.05) is 19.6 Å². The van der Waals surface area contributed by atoms with Crippen LogP contribution in [0.1, 0.15) is 31.7 Å². The maximum Gasteiger partial charge on any atom is 0.240 e. The molecule has 0 amide bonds. The topological polar surface area (TPSA) is 58.2 Å². The lowest BCUT2D eigenvalue weighted by Crippen LogP contribution is -2.26. The number of hydrogen-bond acceptors (Lipinski definition) is 3. The van der Waals surface area contributed by atoms with E-state index in [1.54, 1.807) is 12.1 Å². The van der Waals surface area contributed by atoms with E-state index in [1.165, 1.54) is 11.1 Å². The van der Waals surface area contributed by atoms with Crippen molar-refractivity contribution in [3.05, 3.63) is 41.5 Å². The van der Waals surface area contributed by atoms with Gasteiger partial charge in [-0.15, -0.1) is 0 Å². The standard InChI is InChI=1S/C16H24N2O2S/c1-2-3-14-4-6-16(7-5-14)21(19,20)18-13-10-15-8-11-17-12-9-15/h4-8,17-18H,2-3,9-13H2,1H3. The monoisotopic (exact) mass is 308 g/mol. The summed E-state index contributed by atoms with van der Waals surface area (Å²) >= 11 is 0. The van der Waals surface area contributed by atoms with Crippen molar-refractivity contribution in [1.29, 1.82) is 0 Å². The summed E-state index contributed by atoms with van der Waals surface area (Å²) in [5, 5.41) is 3.25. The Morgan fingerprint density at radius 1 is 1.19 bits per heavy atom. The van der Waals surface area contributed by atoms with E-state index in [0.29, 0.717) is 11.4 Å². The molecule has 1 heterocycles. The van der Waals surface area contributed by atoms with E-state index >= 15 is 0 Å². The Bertz CT molecular complexity index is 577. The molecule has 4 nitrogen and oxygen atoms in total. The molecule has 2 rings (SSSR count). The van der Waals surface area contributed by atoms with Crippen LogP contribution in [0.15, 0.2) is 40.8 Å². The zero-order chi connectivity index (χ0) is 15.1. The molecule has 0 fully saturated rings. The average Bonchev–Trinajstić information content (AvgIpc) is 2.49. The minimum atomic E-state index is -3.39. The van der Waals surface area contributed by atoms with Crippen LogP contribution in [0.2, 0.25) is 0 Å². The summed E-state index contributed by atoms with van der Waals surface area (Å²) in [6, 6.07) is 7.18. The summed E-state index contributed by atoms with van der Waals surface area (Å²) in [7, 11) is -3.39. The third-order valence-electron chi connectivity index (χ3n) is 3.67. The summed E-state index contributed by atoms with van der Waals surface area (Å²) in [6.07, 6.45) is 5.99. The third kappa shape index (κ3) is 4.95. The number of benzene rings is 1. The molecule has 2 N–H and O–H groups in total. The predicted molar refractivity (Wildman–Crippen MR) is 85.8 cm³/mol. The summed E-state index contributed by atoms with van der Waals surface area (Å²) in [4.78, 5) is 0.349. The molecule has 0 radical (unpaired) electrons. The number of sulfonamides is 1. The third-order valence-corrected chi connectivity index (χ3v) is 5.15. The summed E-state index contributed by atoms with van der Waals surface area (Å²) in [5.74, 6) is 0. The highest BCUT2D eigenvalue weighted by atomic mass is 32.2. The number of rotatable bonds is 7. The van der Waals surface area contributed by atoms with Gasteiger partial charge in [0.15, 0.2) is 0 Å². The quantitative estimate of drug-likeness (QED) is 0.760. The van der Waals surface area contributed by atoms with Crippen LogP contribution in [0, 0.1) is 0 Å². The summed E-state index contributed by atoms with van der Waals surface area (Å²) < 4.78 is 27.1. The second-order valence-corrected chi connectivity index (χ2v) is 7.13.